The first-order chi connectivity index (χ1) is 8.99. The number of rotatable bonds is 5. The Bertz CT molecular complexity index is 451. The number of nitrogens with zero attached hydrogens (tertiary/aromatic N) is 1. The second-order valence-electron chi connectivity index (χ2n) is 6.20. The molecule has 2 rings (SSSR count). The Morgan fingerprint density at radius 3 is 2.68 bits per heavy atom. The number of hydrogen-bond donors (Lipinski definition) is 2. The summed E-state index contributed by atoms with van der Waals surface area (Å²) in [7, 11) is 0. The quantitative estimate of drug-likeness (QED) is 0.631. The van der Waals surface area contributed by atoms with Crippen LogP contribution in [0.5, 0.6) is 0 Å². The van der Waals surface area contributed by atoms with Crippen molar-refractivity contribution in [2.75, 3.05) is 13.1 Å². The maximum atomic E-state index is 7.58. The van der Waals surface area contributed by atoms with Crippen LogP contribution in [0.1, 0.15) is 37.8 Å². The van der Waals surface area contributed by atoms with Crippen LogP contribution in [0.15, 0.2) is 24.3 Å². The van der Waals surface area contributed by atoms with Gasteiger partial charge < -0.3 is 5.73 Å². The topological polar surface area (TPSA) is 53.1 Å². The van der Waals surface area contributed by atoms with E-state index in [4.69, 9.17) is 11.1 Å². The molecule has 1 heterocycles. The van der Waals surface area contributed by atoms with Gasteiger partial charge in [-0.05, 0) is 36.9 Å². The van der Waals surface area contributed by atoms with Crippen LogP contribution in [0, 0.1) is 10.8 Å². The van der Waals surface area contributed by atoms with Gasteiger partial charge in [0.15, 0.2) is 0 Å². The van der Waals surface area contributed by atoms with Crippen LogP contribution in [0.25, 0.3) is 0 Å². The highest BCUT2D eigenvalue weighted by atomic mass is 15.1. The van der Waals surface area contributed by atoms with Crippen LogP contribution in [-0.2, 0) is 13.0 Å². The zero-order valence-electron chi connectivity index (χ0n) is 12.1. The summed E-state index contributed by atoms with van der Waals surface area (Å²) in [4.78, 5) is 2.51. The third-order valence-corrected chi connectivity index (χ3v) is 4.21. The molecule has 1 aliphatic heterocycles. The highest BCUT2D eigenvalue weighted by Gasteiger charge is 2.22. The summed E-state index contributed by atoms with van der Waals surface area (Å²) >= 11 is 0. The van der Waals surface area contributed by atoms with Crippen LogP contribution in [0.4, 0.5) is 0 Å². The van der Waals surface area contributed by atoms with Crippen LogP contribution in [0.3, 0.4) is 0 Å². The fourth-order valence-electron chi connectivity index (χ4n) is 2.62. The monoisotopic (exact) mass is 259 g/mol. The summed E-state index contributed by atoms with van der Waals surface area (Å²) in [6.45, 7) is 7.43. The van der Waals surface area contributed by atoms with E-state index in [1.54, 1.807) is 0 Å². The van der Waals surface area contributed by atoms with Crippen molar-refractivity contribution in [2.45, 2.75) is 39.7 Å². The predicted octanol–water partition coefficient (Wildman–Crippen LogP) is 2.79. The van der Waals surface area contributed by atoms with Gasteiger partial charge in [-0.1, -0.05) is 38.1 Å². The molecular formula is C16H25N3. The third-order valence-electron chi connectivity index (χ3n) is 4.21. The Kier molecular flexibility index (Phi) is 4.25. The fourth-order valence-corrected chi connectivity index (χ4v) is 2.62. The molecule has 3 heteroatoms. The van der Waals surface area contributed by atoms with E-state index in [2.05, 4.69) is 43.0 Å². The second kappa shape index (κ2) is 5.74. The van der Waals surface area contributed by atoms with Crippen molar-refractivity contribution in [3.8, 4) is 0 Å². The van der Waals surface area contributed by atoms with Gasteiger partial charge in [-0.2, -0.15) is 0 Å². The van der Waals surface area contributed by atoms with Crippen LogP contribution >= 0.6 is 0 Å². The first kappa shape index (κ1) is 14.1. The molecular weight excluding hydrogens is 234 g/mol. The van der Waals surface area contributed by atoms with E-state index in [9.17, 15) is 0 Å². The molecule has 0 spiro atoms. The second-order valence-corrected chi connectivity index (χ2v) is 6.20. The summed E-state index contributed by atoms with van der Waals surface area (Å²) in [6.07, 6.45) is 3.25. The van der Waals surface area contributed by atoms with Crippen LogP contribution < -0.4 is 5.73 Å². The average molecular weight is 259 g/mol. The first-order valence-corrected chi connectivity index (χ1v) is 7.13. The number of amidine groups is 1. The molecule has 0 aliphatic carbocycles. The summed E-state index contributed by atoms with van der Waals surface area (Å²) in [5, 5.41) is 7.58. The molecule has 0 aromatic heterocycles. The summed E-state index contributed by atoms with van der Waals surface area (Å²) in [5.74, 6) is 0.302. The number of hydrogen-bond acceptors (Lipinski definition) is 2. The van der Waals surface area contributed by atoms with Gasteiger partial charge in [-0.25, -0.2) is 0 Å². The number of nitrogens with two attached hydrogens (primary N) is 1. The van der Waals surface area contributed by atoms with Crippen molar-refractivity contribution < 1.29 is 0 Å². The number of fused-ring (bicyclic) bond motifs is 1. The molecule has 0 unspecified atom stereocenters. The van der Waals surface area contributed by atoms with Gasteiger partial charge >= 0.3 is 0 Å². The molecule has 3 nitrogen and oxygen atoms in total. The van der Waals surface area contributed by atoms with Crippen molar-refractivity contribution in [3.05, 3.63) is 35.4 Å². The molecule has 0 fully saturated rings. The molecule has 3 N–H and O–H groups in total. The minimum Gasteiger partial charge on any atom is -0.387 e. The molecule has 1 aliphatic rings. The van der Waals surface area contributed by atoms with Crippen LogP contribution in [-0.4, -0.2) is 23.8 Å². The van der Waals surface area contributed by atoms with E-state index in [1.165, 1.54) is 11.1 Å². The molecule has 0 atom stereocenters. The molecule has 0 bridgehead atoms. The van der Waals surface area contributed by atoms with Crippen molar-refractivity contribution in [1.82, 2.24) is 4.90 Å². The largest absolute Gasteiger partial charge is 0.387 e. The maximum absolute atomic E-state index is 7.58. The zero-order valence-corrected chi connectivity index (χ0v) is 12.1. The van der Waals surface area contributed by atoms with E-state index < -0.39 is 0 Å². The molecule has 1 aromatic carbocycles. The van der Waals surface area contributed by atoms with E-state index in [0.29, 0.717) is 5.84 Å². The molecule has 0 saturated heterocycles. The van der Waals surface area contributed by atoms with Gasteiger partial charge in [0.25, 0.3) is 0 Å². The van der Waals surface area contributed by atoms with Gasteiger partial charge in [-0.3, -0.25) is 10.3 Å². The molecule has 104 valence electrons. The molecule has 0 saturated carbocycles. The van der Waals surface area contributed by atoms with Gasteiger partial charge in [0.05, 0.1) is 5.84 Å². The smallest absolute Gasteiger partial charge is 0.0963 e. The third kappa shape index (κ3) is 3.57. The fraction of sp³-hybridized carbons (Fsp3) is 0.562. The van der Waals surface area contributed by atoms with Crippen molar-refractivity contribution in [3.63, 3.8) is 0 Å². The Balaban J connectivity index is 1.82. The molecule has 0 radical (unpaired) electrons. The lowest BCUT2D eigenvalue weighted by Crippen LogP contribution is -2.34. The van der Waals surface area contributed by atoms with Gasteiger partial charge in [0.1, 0.15) is 0 Å². The van der Waals surface area contributed by atoms with Crippen LogP contribution in [0.2, 0.25) is 0 Å². The summed E-state index contributed by atoms with van der Waals surface area (Å²) < 4.78 is 0. The highest BCUT2D eigenvalue weighted by molar-refractivity contribution is 5.82. The lowest BCUT2D eigenvalue weighted by Gasteiger charge is -2.30. The minimum absolute atomic E-state index is 0.159. The number of benzene rings is 1. The Hall–Kier alpha value is -1.35. The highest BCUT2D eigenvalue weighted by Crippen LogP contribution is 2.23. The predicted molar refractivity (Wildman–Crippen MR) is 80.4 cm³/mol. The zero-order chi connectivity index (χ0) is 13.9. The lowest BCUT2D eigenvalue weighted by molar-refractivity contribution is 0.240. The molecule has 19 heavy (non-hydrogen) atoms. The van der Waals surface area contributed by atoms with Crippen molar-refractivity contribution >= 4 is 5.84 Å². The van der Waals surface area contributed by atoms with Gasteiger partial charge in [0, 0.05) is 18.5 Å². The van der Waals surface area contributed by atoms with Crippen molar-refractivity contribution in [1.29, 1.82) is 5.41 Å². The maximum Gasteiger partial charge on any atom is 0.0963 e. The van der Waals surface area contributed by atoms with E-state index in [1.807, 2.05) is 0 Å². The molecule has 1 aromatic rings. The van der Waals surface area contributed by atoms with Crippen molar-refractivity contribution in [2.24, 2.45) is 11.1 Å². The van der Waals surface area contributed by atoms with E-state index >= 15 is 0 Å². The summed E-state index contributed by atoms with van der Waals surface area (Å²) in [6, 6.07) is 8.73. The Morgan fingerprint density at radius 1 is 1.32 bits per heavy atom. The van der Waals surface area contributed by atoms with Gasteiger partial charge in [0.2, 0.25) is 0 Å². The first-order valence-electron chi connectivity index (χ1n) is 7.13. The Morgan fingerprint density at radius 2 is 2.00 bits per heavy atom. The Labute approximate surface area is 116 Å². The van der Waals surface area contributed by atoms with Gasteiger partial charge in [-0.15, -0.1) is 0 Å². The average Bonchev–Trinajstić information content (AvgIpc) is 2.38. The molecule has 0 amide bonds. The summed E-state index contributed by atoms with van der Waals surface area (Å²) in [5.41, 5.74) is 8.44. The normalized spacial score (nSPS) is 16.1. The van der Waals surface area contributed by atoms with E-state index in [-0.39, 0.29) is 5.41 Å². The minimum atomic E-state index is -0.159. The standard InChI is InChI=1S/C16H25N3/c1-16(2,15(17)18)9-5-10-19-11-8-13-6-3-4-7-14(13)12-19/h3-4,6-7H,5,8-12H2,1-2H3,(H3,17,18). The SMILES string of the molecule is CC(C)(CCCN1CCc2ccccc2C1)C(=N)N. The number of nitrogens with one attached hydrogen (secondary N) is 1. The van der Waals surface area contributed by atoms with E-state index in [0.717, 1.165) is 38.9 Å². The lowest BCUT2D eigenvalue weighted by atomic mass is 9.86.